The molecular formula is C25H28N4O4. The van der Waals surface area contributed by atoms with E-state index in [9.17, 15) is 14.9 Å². The van der Waals surface area contributed by atoms with Crippen LogP contribution in [0.5, 0.6) is 0 Å². The van der Waals surface area contributed by atoms with Crippen LogP contribution in [0.1, 0.15) is 41.4 Å². The van der Waals surface area contributed by atoms with Crippen LogP contribution in [0, 0.1) is 10.1 Å². The molecule has 2 heterocycles. The van der Waals surface area contributed by atoms with E-state index in [0.29, 0.717) is 55.7 Å². The number of nitrogens with zero attached hydrogens (tertiary/aromatic N) is 3. The zero-order valence-electron chi connectivity index (χ0n) is 18.9. The fourth-order valence-corrected chi connectivity index (χ4v) is 3.98. The number of furan rings is 1. The van der Waals surface area contributed by atoms with Crippen LogP contribution in [0.25, 0.3) is 0 Å². The minimum Gasteiger partial charge on any atom is -0.467 e. The average Bonchev–Trinajstić information content (AvgIpc) is 3.36. The molecule has 3 aromatic rings. The lowest BCUT2D eigenvalue weighted by Crippen LogP contribution is -2.48. The first-order valence-corrected chi connectivity index (χ1v) is 11.1. The molecule has 8 heteroatoms. The summed E-state index contributed by atoms with van der Waals surface area (Å²) in [6.45, 7) is 7.12. The van der Waals surface area contributed by atoms with E-state index in [1.165, 1.54) is 11.6 Å². The molecule has 1 N–H and O–H groups in total. The number of rotatable bonds is 7. The first-order chi connectivity index (χ1) is 15.9. The number of nitrogens with one attached hydrogen (secondary N) is 1. The van der Waals surface area contributed by atoms with Gasteiger partial charge in [0.1, 0.15) is 11.4 Å². The minimum absolute atomic E-state index is 0.0176. The van der Waals surface area contributed by atoms with Gasteiger partial charge in [0.25, 0.3) is 11.6 Å². The Balaban J connectivity index is 1.41. The molecule has 0 saturated carbocycles. The average molecular weight is 449 g/mol. The van der Waals surface area contributed by atoms with Gasteiger partial charge in [0.15, 0.2) is 0 Å². The summed E-state index contributed by atoms with van der Waals surface area (Å²) in [5.41, 5.74) is 3.26. The molecule has 33 heavy (non-hydrogen) atoms. The maximum atomic E-state index is 12.9. The summed E-state index contributed by atoms with van der Waals surface area (Å²) in [6, 6.07) is 16.5. The number of carbonyl (C=O) groups excluding carboxylic acids is 1. The van der Waals surface area contributed by atoms with Crippen LogP contribution >= 0.6 is 0 Å². The Hall–Kier alpha value is -3.81. The Morgan fingerprint density at radius 3 is 2.42 bits per heavy atom. The number of carbonyl (C=O) groups is 1. The Morgan fingerprint density at radius 1 is 1.09 bits per heavy atom. The highest BCUT2D eigenvalue weighted by atomic mass is 16.6. The van der Waals surface area contributed by atoms with E-state index in [2.05, 4.69) is 24.1 Å². The zero-order valence-corrected chi connectivity index (χ0v) is 18.9. The topological polar surface area (TPSA) is 91.9 Å². The summed E-state index contributed by atoms with van der Waals surface area (Å²) in [5, 5.41) is 14.6. The Kier molecular flexibility index (Phi) is 6.63. The van der Waals surface area contributed by atoms with Crippen LogP contribution in [0.15, 0.2) is 65.3 Å². The monoisotopic (exact) mass is 448 g/mol. The summed E-state index contributed by atoms with van der Waals surface area (Å²) >= 11 is 0. The third kappa shape index (κ3) is 5.16. The van der Waals surface area contributed by atoms with Gasteiger partial charge in [-0.05, 0) is 47.9 Å². The molecule has 1 aromatic heterocycles. The third-order valence-corrected chi connectivity index (χ3v) is 5.97. The van der Waals surface area contributed by atoms with Gasteiger partial charge in [0.05, 0.1) is 17.7 Å². The zero-order chi connectivity index (χ0) is 23.4. The second kappa shape index (κ2) is 9.77. The van der Waals surface area contributed by atoms with Gasteiger partial charge in [-0.25, -0.2) is 0 Å². The van der Waals surface area contributed by atoms with Crippen LogP contribution in [0.4, 0.5) is 17.1 Å². The van der Waals surface area contributed by atoms with Crippen molar-refractivity contribution in [3.05, 3.63) is 87.9 Å². The first kappa shape index (κ1) is 22.4. The molecule has 1 aliphatic rings. The maximum absolute atomic E-state index is 12.9. The predicted molar refractivity (Wildman–Crippen MR) is 128 cm³/mol. The number of anilines is 2. The van der Waals surface area contributed by atoms with Gasteiger partial charge in [-0.3, -0.25) is 14.9 Å². The fourth-order valence-electron chi connectivity index (χ4n) is 3.98. The van der Waals surface area contributed by atoms with Crippen molar-refractivity contribution in [1.29, 1.82) is 0 Å². The molecule has 2 aromatic carbocycles. The van der Waals surface area contributed by atoms with Crippen molar-refractivity contribution in [2.75, 3.05) is 36.4 Å². The molecule has 0 radical (unpaired) electrons. The normalized spacial score (nSPS) is 13.9. The van der Waals surface area contributed by atoms with E-state index in [0.717, 1.165) is 5.69 Å². The summed E-state index contributed by atoms with van der Waals surface area (Å²) in [4.78, 5) is 28.0. The standard InChI is InChI=1S/C25H28N4O4/c1-18(2)19-5-7-20(8-6-19)25(30)28-13-11-27(12-14-28)21-9-10-24(29(31)32)23(16-21)26-17-22-4-3-15-33-22/h3-10,15-16,18,26H,11-14,17H2,1-2H3. The summed E-state index contributed by atoms with van der Waals surface area (Å²) < 4.78 is 5.31. The smallest absolute Gasteiger partial charge is 0.292 e. The van der Waals surface area contributed by atoms with Crippen molar-refractivity contribution in [3.8, 4) is 0 Å². The van der Waals surface area contributed by atoms with E-state index in [4.69, 9.17) is 4.42 Å². The van der Waals surface area contributed by atoms with Crippen molar-refractivity contribution < 1.29 is 14.1 Å². The van der Waals surface area contributed by atoms with Gasteiger partial charge in [0, 0.05) is 43.5 Å². The molecule has 0 bridgehead atoms. The van der Waals surface area contributed by atoms with Crippen molar-refractivity contribution in [1.82, 2.24) is 4.90 Å². The van der Waals surface area contributed by atoms with Crippen LogP contribution in [0.3, 0.4) is 0 Å². The van der Waals surface area contributed by atoms with E-state index >= 15 is 0 Å². The highest BCUT2D eigenvalue weighted by Crippen LogP contribution is 2.31. The van der Waals surface area contributed by atoms with Gasteiger partial charge in [-0.15, -0.1) is 0 Å². The number of hydrogen-bond acceptors (Lipinski definition) is 6. The lowest BCUT2D eigenvalue weighted by atomic mass is 10.0. The van der Waals surface area contributed by atoms with Crippen molar-refractivity contribution in [2.45, 2.75) is 26.3 Å². The Morgan fingerprint density at radius 2 is 1.82 bits per heavy atom. The maximum Gasteiger partial charge on any atom is 0.292 e. The molecule has 1 amide bonds. The van der Waals surface area contributed by atoms with Crippen molar-refractivity contribution in [2.24, 2.45) is 0 Å². The fraction of sp³-hybridized carbons (Fsp3) is 0.320. The number of hydrogen-bond donors (Lipinski definition) is 1. The molecule has 0 aliphatic carbocycles. The molecule has 1 saturated heterocycles. The second-order valence-electron chi connectivity index (χ2n) is 8.45. The van der Waals surface area contributed by atoms with Gasteiger partial charge >= 0.3 is 0 Å². The summed E-state index contributed by atoms with van der Waals surface area (Å²) in [5.74, 6) is 1.16. The lowest BCUT2D eigenvalue weighted by molar-refractivity contribution is -0.384. The Labute approximate surface area is 193 Å². The Bertz CT molecular complexity index is 1100. The second-order valence-corrected chi connectivity index (χ2v) is 8.45. The van der Waals surface area contributed by atoms with Gasteiger partial charge in [-0.1, -0.05) is 26.0 Å². The number of amides is 1. The lowest BCUT2D eigenvalue weighted by Gasteiger charge is -2.36. The van der Waals surface area contributed by atoms with Crippen LogP contribution in [-0.4, -0.2) is 41.9 Å². The van der Waals surface area contributed by atoms with Crippen LogP contribution in [-0.2, 0) is 6.54 Å². The van der Waals surface area contributed by atoms with Crippen molar-refractivity contribution >= 4 is 23.0 Å². The van der Waals surface area contributed by atoms with Gasteiger partial charge < -0.3 is 19.5 Å². The quantitative estimate of drug-likeness (QED) is 0.409. The number of benzene rings is 2. The molecule has 8 nitrogen and oxygen atoms in total. The highest BCUT2D eigenvalue weighted by molar-refractivity contribution is 5.94. The predicted octanol–water partition coefficient (Wildman–Crippen LogP) is 4.89. The number of piperazine rings is 1. The molecular weight excluding hydrogens is 420 g/mol. The first-order valence-electron chi connectivity index (χ1n) is 11.1. The van der Waals surface area contributed by atoms with Crippen LogP contribution in [0.2, 0.25) is 0 Å². The molecule has 0 unspecified atom stereocenters. The molecule has 1 fully saturated rings. The molecule has 1 aliphatic heterocycles. The molecule has 172 valence electrons. The summed E-state index contributed by atoms with van der Waals surface area (Å²) in [6.07, 6.45) is 1.57. The number of nitro benzene ring substituents is 1. The van der Waals surface area contributed by atoms with Crippen molar-refractivity contribution in [3.63, 3.8) is 0 Å². The SMILES string of the molecule is CC(C)c1ccc(C(=O)N2CCN(c3ccc([N+](=O)[O-])c(NCc4ccco4)c3)CC2)cc1. The largest absolute Gasteiger partial charge is 0.467 e. The minimum atomic E-state index is -0.393. The highest BCUT2D eigenvalue weighted by Gasteiger charge is 2.24. The van der Waals surface area contributed by atoms with Gasteiger partial charge in [-0.2, -0.15) is 0 Å². The molecule has 4 rings (SSSR count). The van der Waals surface area contributed by atoms with E-state index in [1.807, 2.05) is 35.2 Å². The van der Waals surface area contributed by atoms with Crippen LogP contribution < -0.4 is 10.2 Å². The van der Waals surface area contributed by atoms with E-state index in [1.54, 1.807) is 24.5 Å². The summed E-state index contributed by atoms with van der Waals surface area (Å²) in [7, 11) is 0. The van der Waals surface area contributed by atoms with E-state index < -0.39 is 4.92 Å². The molecule has 0 spiro atoms. The van der Waals surface area contributed by atoms with E-state index in [-0.39, 0.29) is 11.6 Å². The third-order valence-electron chi connectivity index (χ3n) is 5.97. The van der Waals surface area contributed by atoms with Gasteiger partial charge in [0.2, 0.25) is 0 Å². The molecule has 0 atom stereocenters. The number of nitro groups is 1.